The first-order chi connectivity index (χ1) is 23.2. The molecule has 268 valence electrons. The summed E-state index contributed by atoms with van der Waals surface area (Å²) >= 11 is 6.27. The fourth-order valence-corrected chi connectivity index (χ4v) is 8.10. The maximum atomic E-state index is 14.7. The van der Waals surface area contributed by atoms with Crippen LogP contribution in [0.15, 0.2) is 29.4 Å². The molecular formula is C39H54ClN3O6. The number of likely N-dealkylation sites (tertiary alicyclic amines) is 1. The van der Waals surface area contributed by atoms with Gasteiger partial charge in [-0.3, -0.25) is 24.0 Å². The third-order valence-corrected chi connectivity index (χ3v) is 11.4. The molecule has 0 unspecified atom stereocenters. The second-order valence-corrected chi connectivity index (χ2v) is 16.7. The molecule has 0 radical (unpaired) electrons. The minimum atomic E-state index is -0.957. The van der Waals surface area contributed by atoms with Crippen molar-refractivity contribution in [1.29, 1.82) is 0 Å². The molecular weight excluding hydrogens is 642 g/mol. The number of oxime groups is 1. The van der Waals surface area contributed by atoms with Crippen LogP contribution in [0.1, 0.15) is 124 Å². The Bertz CT molecular complexity index is 1460. The smallest absolute Gasteiger partial charge is 0.246 e. The third-order valence-electron chi connectivity index (χ3n) is 11.1. The van der Waals surface area contributed by atoms with E-state index in [0.717, 1.165) is 44.1 Å². The Morgan fingerprint density at radius 3 is 2.43 bits per heavy atom. The summed E-state index contributed by atoms with van der Waals surface area (Å²) in [5.41, 5.74) is -0.134. The molecule has 5 atom stereocenters. The Morgan fingerprint density at radius 2 is 1.80 bits per heavy atom. The molecule has 2 aliphatic carbocycles. The number of nitrogens with zero attached hydrogens (tertiary/aromatic N) is 2. The van der Waals surface area contributed by atoms with E-state index < -0.39 is 40.6 Å². The van der Waals surface area contributed by atoms with E-state index in [1.807, 2.05) is 52.8 Å². The minimum Gasteiger partial charge on any atom is -0.387 e. The molecule has 3 fully saturated rings. The van der Waals surface area contributed by atoms with Gasteiger partial charge in [0.2, 0.25) is 17.6 Å². The van der Waals surface area contributed by atoms with Crippen molar-refractivity contribution >= 4 is 46.5 Å². The number of rotatable bonds is 14. The summed E-state index contributed by atoms with van der Waals surface area (Å²) in [7, 11) is 0. The lowest BCUT2D eigenvalue weighted by molar-refractivity contribution is -0.145. The minimum absolute atomic E-state index is 0.101. The maximum absolute atomic E-state index is 14.7. The van der Waals surface area contributed by atoms with E-state index in [4.69, 9.17) is 16.4 Å². The fraction of sp³-hybridized carbons (Fsp3) is 0.692. The van der Waals surface area contributed by atoms with Gasteiger partial charge >= 0.3 is 0 Å². The van der Waals surface area contributed by atoms with Crippen LogP contribution in [-0.4, -0.2) is 64.0 Å². The molecule has 1 saturated heterocycles. The Kier molecular flexibility index (Phi) is 11.7. The van der Waals surface area contributed by atoms with Gasteiger partial charge < -0.3 is 15.1 Å². The quantitative estimate of drug-likeness (QED) is 0.212. The first-order valence-corrected chi connectivity index (χ1v) is 18.8. The largest absolute Gasteiger partial charge is 0.387 e. The summed E-state index contributed by atoms with van der Waals surface area (Å²) in [5, 5.41) is 8.07. The Hall–Kier alpha value is -3.07. The maximum Gasteiger partial charge on any atom is 0.246 e. The standard InChI is InChI=1S/C39H54ClN3O6/c1-6-11-28(34(46)33(45)18-25-16-17-25)20-32(44)31-22-39(21-30(42-49-39)27-14-10-15-29(40)19-27)23-43(31)37(48)35(38(3,4)5)41-36(47)24(2)26-12-8-7-9-13-26/h10,14-15,19,24-26,28,31,35H,6-9,11-13,16-18,20-23H2,1-5H3,(H,41,47)/t24-,28+,31-,35+,39+/m0/s1. The van der Waals surface area contributed by atoms with Gasteiger partial charge in [-0.05, 0) is 61.5 Å². The molecule has 2 amide bonds. The van der Waals surface area contributed by atoms with E-state index in [2.05, 4.69) is 10.5 Å². The van der Waals surface area contributed by atoms with Crippen molar-refractivity contribution in [3.8, 4) is 0 Å². The highest BCUT2D eigenvalue weighted by Gasteiger charge is 2.55. The normalized spacial score (nSPS) is 24.6. The SMILES string of the molecule is CCC[C@H](CC(=O)[C@@H]1C[C@]2(CC(c3cccc(Cl)c3)=NO2)CN1C(=O)[C@@H](NC(=O)[C@@H](C)C1CCCCC1)C(C)(C)C)C(=O)C(=O)CC1CC1. The monoisotopic (exact) mass is 695 g/mol. The van der Waals surface area contributed by atoms with Crippen LogP contribution in [-0.2, 0) is 28.8 Å². The van der Waals surface area contributed by atoms with Gasteiger partial charge in [0.25, 0.3) is 0 Å². The van der Waals surface area contributed by atoms with Gasteiger partial charge in [-0.25, -0.2) is 0 Å². The fourth-order valence-electron chi connectivity index (χ4n) is 7.91. The Morgan fingerprint density at radius 1 is 1.08 bits per heavy atom. The summed E-state index contributed by atoms with van der Waals surface area (Å²) < 4.78 is 0. The number of benzene rings is 1. The molecule has 49 heavy (non-hydrogen) atoms. The van der Waals surface area contributed by atoms with Gasteiger partial charge in [0.05, 0.1) is 18.3 Å². The molecule has 2 aliphatic heterocycles. The second kappa shape index (κ2) is 15.4. The van der Waals surface area contributed by atoms with E-state index in [9.17, 15) is 24.0 Å². The Balaban J connectivity index is 1.40. The molecule has 9 nitrogen and oxygen atoms in total. The van der Waals surface area contributed by atoms with Gasteiger partial charge in [-0.1, -0.05) is 89.2 Å². The van der Waals surface area contributed by atoms with Crippen molar-refractivity contribution in [1.82, 2.24) is 10.2 Å². The van der Waals surface area contributed by atoms with Crippen LogP contribution in [0.25, 0.3) is 0 Å². The lowest BCUT2D eigenvalue weighted by atomic mass is 9.79. The number of Topliss-reactive ketones (excluding diaryl/α,β-unsaturated/α-hetero) is 3. The van der Waals surface area contributed by atoms with Gasteiger partial charge in [0.15, 0.2) is 17.2 Å². The van der Waals surface area contributed by atoms with Gasteiger partial charge in [0, 0.05) is 48.1 Å². The van der Waals surface area contributed by atoms with Crippen molar-refractivity contribution < 1.29 is 28.8 Å². The number of hydrogen-bond donors (Lipinski definition) is 1. The van der Waals surface area contributed by atoms with Crippen LogP contribution < -0.4 is 5.32 Å². The number of carbonyl (C=O) groups excluding carboxylic acids is 5. The predicted molar refractivity (Wildman–Crippen MR) is 189 cm³/mol. The molecule has 1 aromatic rings. The number of hydrogen-bond acceptors (Lipinski definition) is 7. The van der Waals surface area contributed by atoms with Crippen molar-refractivity contribution in [3.05, 3.63) is 34.9 Å². The molecule has 1 spiro atoms. The number of halogens is 1. The number of carbonyl (C=O) groups is 5. The van der Waals surface area contributed by atoms with E-state index in [0.29, 0.717) is 30.0 Å². The van der Waals surface area contributed by atoms with Crippen molar-refractivity contribution in [3.63, 3.8) is 0 Å². The Labute approximate surface area is 296 Å². The van der Waals surface area contributed by atoms with Gasteiger partial charge in [-0.2, -0.15) is 0 Å². The second-order valence-electron chi connectivity index (χ2n) is 16.3. The average molecular weight is 696 g/mol. The topological polar surface area (TPSA) is 122 Å². The molecule has 10 heteroatoms. The van der Waals surface area contributed by atoms with Crippen molar-refractivity contribution in [2.75, 3.05) is 6.54 Å². The molecule has 0 bridgehead atoms. The lowest BCUT2D eigenvalue weighted by Gasteiger charge is -2.37. The van der Waals surface area contributed by atoms with Crippen molar-refractivity contribution in [2.45, 2.75) is 136 Å². The van der Waals surface area contributed by atoms with Crippen molar-refractivity contribution in [2.24, 2.45) is 34.2 Å². The summed E-state index contributed by atoms with van der Waals surface area (Å²) in [4.78, 5) is 76.5. The molecule has 5 rings (SSSR count). The molecule has 0 aromatic heterocycles. The molecule has 2 heterocycles. The summed E-state index contributed by atoms with van der Waals surface area (Å²) in [6.07, 6.45) is 9.07. The van der Waals surface area contributed by atoms with Gasteiger partial charge in [-0.15, -0.1) is 0 Å². The average Bonchev–Trinajstić information content (AvgIpc) is 3.66. The zero-order valence-corrected chi connectivity index (χ0v) is 30.7. The zero-order valence-electron chi connectivity index (χ0n) is 29.9. The molecule has 2 saturated carbocycles. The summed E-state index contributed by atoms with van der Waals surface area (Å²) in [6.45, 7) is 9.72. The van der Waals surface area contributed by atoms with E-state index in [1.165, 1.54) is 6.42 Å². The molecule has 4 aliphatic rings. The van der Waals surface area contributed by atoms with Crippen LogP contribution in [0.2, 0.25) is 5.02 Å². The number of amides is 2. The van der Waals surface area contributed by atoms with Crippen LogP contribution in [0.3, 0.4) is 0 Å². The highest BCUT2D eigenvalue weighted by Crippen LogP contribution is 2.41. The highest BCUT2D eigenvalue weighted by molar-refractivity contribution is 6.38. The van der Waals surface area contributed by atoms with Crippen LogP contribution in [0.4, 0.5) is 0 Å². The van der Waals surface area contributed by atoms with Crippen LogP contribution >= 0.6 is 11.6 Å². The van der Waals surface area contributed by atoms with E-state index in [-0.39, 0.29) is 61.2 Å². The first-order valence-electron chi connectivity index (χ1n) is 18.4. The lowest BCUT2D eigenvalue weighted by Crippen LogP contribution is -2.58. The van der Waals surface area contributed by atoms with E-state index in [1.54, 1.807) is 11.0 Å². The summed E-state index contributed by atoms with van der Waals surface area (Å²) in [5.74, 6) is -2.06. The zero-order chi connectivity index (χ0) is 35.5. The predicted octanol–water partition coefficient (Wildman–Crippen LogP) is 6.87. The first kappa shape index (κ1) is 37.2. The van der Waals surface area contributed by atoms with E-state index >= 15 is 0 Å². The van der Waals surface area contributed by atoms with Crippen LogP contribution in [0.5, 0.6) is 0 Å². The summed E-state index contributed by atoms with van der Waals surface area (Å²) in [6, 6.07) is 5.53. The third kappa shape index (κ3) is 9.00. The molecule has 1 N–H and O–H groups in total. The van der Waals surface area contributed by atoms with Gasteiger partial charge in [0.1, 0.15) is 6.04 Å². The number of ketones is 3. The molecule has 1 aromatic carbocycles. The number of nitrogens with one attached hydrogen (secondary N) is 1. The highest BCUT2D eigenvalue weighted by atomic mass is 35.5. The van der Waals surface area contributed by atoms with Crippen LogP contribution in [0, 0.1) is 29.1 Å².